The van der Waals surface area contributed by atoms with Crippen molar-refractivity contribution in [1.82, 2.24) is 34.7 Å². The Hall–Kier alpha value is -3.59. The standard InChI is InChI=1S/C25H29N7O2/c1-4-33-24-18-8-10-22-19-12-16(7-9-21(19)27-28-22)20-13-26-31(3)25(20)34-17-6-5-11-32(14-17)15-23(18)30(2)29-24/h7-10,12-13,17H,4-6,11,14-15H2,1-3H3,(H,27,28)/b10-8+. The van der Waals surface area contributed by atoms with E-state index in [-0.39, 0.29) is 6.10 Å². The van der Waals surface area contributed by atoms with Crippen molar-refractivity contribution in [3.8, 4) is 22.9 Å². The molecule has 2 aliphatic rings. The first-order valence-electron chi connectivity index (χ1n) is 11.9. The molecule has 1 saturated heterocycles. The maximum absolute atomic E-state index is 6.60. The second-order valence-electron chi connectivity index (χ2n) is 9.03. The molecular formula is C25H29N7O2. The summed E-state index contributed by atoms with van der Waals surface area (Å²) in [4.78, 5) is 2.45. The van der Waals surface area contributed by atoms with Crippen molar-refractivity contribution in [2.75, 3.05) is 19.7 Å². The largest absolute Gasteiger partial charge is 0.476 e. The highest BCUT2D eigenvalue weighted by Crippen LogP contribution is 2.35. The number of hydrogen-bond donors (Lipinski definition) is 1. The van der Waals surface area contributed by atoms with Crippen LogP contribution in [-0.2, 0) is 20.6 Å². The Kier molecular flexibility index (Phi) is 5.13. The number of nitrogens with zero attached hydrogens (tertiary/aromatic N) is 6. The molecule has 0 spiro atoms. The zero-order valence-electron chi connectivity index (χ0n) is 19.8. The van der Waals surface area contributed by atoms with Gasteiger partial charge in [0.25, 0.3) is 0 Å². The molecule has 3 aromatic heterocycles. The number of aromatic amines is 1. The van der Waals surface area contributed by atoms with Crippen molar-refractivity contribution >= 4 is 23.1 Å². The lowest BCUT2D eigenvalue weighted by molar-refractivity contribution is 0.0767. The molecule has 0 amide bonds. The van der Waals surface area contributed by atoms with Gasteiger partial charge in [0.05, 0.1) is 40.8 Å². The summed E-state index contributed by atoms with van der Waals surface area (Å²) >= 11 is 0. The first kappa shape index (κ1) is 21.0. The van der Waals surface area contributed by atoms with E-state index in [0.29, 0.717) is 12.5 Å². The Bertz CT molecular complexity index is 1380. The van der Waals surface area contributed by atoms with Crippen LogP contribution >= 0.6 is 0 Å². The lowest BCUT2D eigenvalue weighted by Crippen LogP contribution is -2.41. The molecule has 5 heterocycles. The van der Waals surface area contributed by atoms with Crippen molar-refractivity contribution in [1.29, 1.82) is 0 Å². The second-order valence-corrected chi connectivity index (χ2v) is 9.03. The smallest absolute Gasteiger partial charge is 0.240 e. The van der Waals surface area contributed by atoms with Crippen LogP contribution in [0, 0.1) is 0 Å². The summed E-state index contributed by atoms with van der Waals surface area (Å²) in [6, 6.07) is 6.28. The highest BCUT2D eigenvalue weighted by molar-refractivity contribution is 5.93. The first-order chi connectivity index (χ1) is 16.6. The minimum absolute atomic E-state index is 0.0971. The average molecular weight is 460 g/mol. The number of aromatic nitrogens is 6. The van der Waals surface area contributed by atoms with E-state index in [4.69, 9.17) is 9.47 Å². The maximum Gasteiger partial charge on any atom is 0.240 e. The zero-order valence-corrected chi connectivity index (χ0v) is 19.8. The molecule has 1 N–H and O–H groups in total. The van der Waals surface area contributed by atoms with E-state index in [1.54, 1.807) is 0 Å². The molecule has 2 unspecified atom stereocenters. The van der Waals surface area contributed by atoms with Crippen molar-refractivity contribution in [3.05, 3.63) is 41.3 Å². The fraction of sp³-hybridized carbons (Fsp3) is 0.400. The molecule has 176 valence electrons. The van der Waals surface area contributed by atoms with E-state index in [0.717, 1.165) is 77.3 Å². The van der Waals surface area contributed by atoms with Crippen molar-refractivity contribution < 1.29 is 9.47 Å². The van der Waals surface area contributed by atoms with Gasteiger partial charge in [0.2, 0.25) is 11.8 Å². The fourth-order valence-corrected chi connectivity index (χ4v) is 5.02. The van der Waals surface area contributed by atoms with E-state index in [9.17, 15) is 0 Å². The molecule has 6 rings (SSSR count). The highest BCUT2D eigenvalue weighted by Gasteiger charge is 2.27. The molecule has 0 aliphatic carbocycles. The van der Waals surface area contributed by atoms with Crippen LogP contribution in [-0.4, -0.2) is 60.5 Å². The third kappa shape index (κ3) is 3.56. The van der Waals surface area contributed by atoms with Gasteiger partial charge in [0.15, 0.2) is 0 Å². The van der Waals surface area contributed by atoms with Crippen LogP contribution < -0.4 is 9.47 Å². The average Bonchev–Trinajstić information content (AvgIpc) is 3.49. The molecule has 2 aliphatic heterocycles. The van der Waals surface area contributed by atoms with Crippen LogP contribution in [0.4, 0.5) is 0 Å². The highest BCUT2D eigenvalue weighted by atomic mass is 16.5. The van der Waals surface area contributed by atoms with E-state index in [2.05, 4.69) is 49.6 Å². The Balaban J connectivity index is 1.53. The Labute approximate surface area is 198 Å². The maximum atomic E-state index is 6.60. The Morgan fingerprint density at radius 2 is 2.12 bits per heavy atom. The monoisotopic (exact) mass is 459 g/mol. The van der Waals surface area contributed by atoms with Crippen LogP contribution in [0.1, 0.15) is 36.7 Å². The SMILES string of the molecule is CCOc1nn(C)c2c1/C=C/c1[nH]nc3ccc(cc13)-c1cnn(C)c1OC1CCCN(C2)C1. The van der Waals surface area contributed by atoms with Gasteiger partial charge in [-0.3, -0.25) is 14.7 Å². The number of nitrogens with one attached hydrogen (secondary N) is 1. The Morgan fingerprint density at radius 3 is 3.00 bits per heavy atom. The third-order valence-corrected chi connectivity index (χ3v) is 6.76. The molecule has 1 aromatic carbocycles. The van der Waals surface area contributed by atoms with Crippen molar-refractivity contribution in [3.63, 3.8) is 0 Å². The van der Waals surface area contributed by atoms with Gasteiger partial charge in [0, 0.05) is 32.6 Å². The normalized spacial score (nSPS) is 20.8. The zero-order chi connectivity index (χ0) is 23.2. The number of piperidine rings is 1. The molecule has 4 aromatic rings. The molecule has 2 atom stereocenters. The molecule has 34 heavy (non-hydrogen) atoms. The molecule has 0 radical (unpaired) electrons. The molecule has 9 nitrogen and oxygen atoms in total. The fourth-order valence-electron chi connectivity index (χ4n) is 5.02. The van der Waals surface area contributed by atoms with Gasteiger partial charge in [-0.2, -0.15) is 10.2 Å². The van der Waals surface area contributed by atoms with Crippen LogP contribution in [0.5, 0.6) is 11.8 Å². The minimum Gasteiger partial charge on any atom is -0.476 e. The summed E-state index contributed by atoms with van der Waals surface area (Å²) in [6.07, 6.45) is 8.26. The van der Waals surface area contributed by atoms with Gasteiger partial charge >= 0.3 is 0 Å². The lowest BCUT2D eigenvalue weighted by Gasteiger charge is -2.33. The van der Waals surface area contributed by atoms with Crippen LogP contribution in [0.3, 0.4) is 0 Å². The lowest BCUT2D eigenvalue weighted by atomic mass is 10.0. The number of aryl methyl sites for hydroxylation is 2. The third-order valence-electron chi connectivity index (χ3n) is 6.76. The van der Waals surface area contributed by atoms with Crippen LogP contribution in [0.25, 0.3) is 34.2 Å². The van der Waals surface area contributed by atoms with Gasteiger partial charge in [0.1, 0.15) is 6.10 Å². The summed E-state index contributed by atoms with van der Waals surface area (Å²) in [7, 11) is 3.93. The van der Waals surface area contributed by atoms with Crippen molar-refractivity contribution in [2.45, 2.75) is 32.4 Å². The van der Waals surface area contributed by atoms with Crippen LogP contribution in [0.2, 0.25) is 0 Å². The number of H-pyrrole nitrogens is 1. The molecular weight excluding hydrogens is 430 g/mol. The van der Waals surface area contributed by atoms with Crippen LogP contribution in [0.15, 0.2) is 24.4 Å². The number of benzene rings is 1. The van der Waals surface area contributed by atoms with E-state index in [1.165, 1.54) is 0 Å². The summed E-state index contributed by atoms with van der Waals surface area (Å²) < 4.78 is 16.3. The van der Waals surface area contributed by atoms with E-state index < -0.39 is 0 Å². The molecule has 4 bridgehead atoms. The molecule has 9 heteroatoms. The van der Waals surface area contributed by atoms with Gasteiger partial charge in [-0.1, -0.05) is 6.07 Å². The van der Waals surface area contributed by atoms with Gasteiger partial charge in [-0.25, -0.2) is 4.68 Å². The number of hydrogen-bond acceptors (Lipinski definition) is 6. The van der Waals surface area contributed by atoms with Gasteiger partial charge in [-0.05, 0) is 56.2 Å². The predicted molar refractivity (Wildman–Crippen MR) is 131 cm³/mol. The first-order valence-corrected chi connectivity index (χ1v) is 11.9. The summed E-state index contributed by atoms with van der Waals surface area (Å²) in [5, 5.41) is 17.9. The summed E-state index contributed by atoms with van der Waals surface area (Å²) in [5.74, 6) is 1.47. The topological polar surface area (TPSA) is 86.0 Å². The quantitative estimate of drug-likeness (QED) is 0.493. The van der Waals surface area contributed by atoms with Gasteiger partial charge in [-0.15, -0.1) is 5.10 Å². The molecule has 1 fully saturated rings. The van der Waals surface area contributed by atoms with Gasteiger partial charge < -0.3 is 9.47 Å². The van der Waals surface area contributed by atoms with E-state index in [1.807, 2.05) is 42.6 Å². The number of fused-ring (bicyclic) bond motifs is 6. The Morgan fingerprint density at radius 1 is 1.21 bits per heavy atom. The number of ether oxygens (including phenoxy) is 2. The summed E-state index contributed by atoms with van der Waals surface area (Å²) in [6.45, 7) is 5.21. The van der Waals surface area contributed by atoms with E-state index >= 15 is 0 Å². The minimum atomic E-state index is 0.0971. The molecule has 0 saturated carbocycles. The van der Waals surface area contributed by atoms with Crippen molar-refractivity contribution in [2.24, 2.45) is 14.1 Å². The number of rotatable bonds is 2. The second kappa shape index (κ2) is 8.32. The predicted octanol–water partition coefficient (Wildman–Crippen LogP) is 3.62. The summed E-state index contributed by atoms with van der Waals surface area (Å²) in [5.41, 5.74) is 6.05.